The maximum Gasteiger partial charge on any atom is 0.269 e. The van der Waals surface area contributed by atoms with Crippen molar-refractivity contribution in [2.75, 3.05) is 20.2 Å². The Morgan fingerprint density at radius 1 is 1.13 bits per heavy atom. The summed E-state index contributed by atoms with van der Waals surface area (Å²) in [7, 11) is 1.61. The van der Waals surface area contributed by atoms with E-state index in [0.29, 0.717) is 23.1 Å². The summed E-state index contributed by atoms with van der Waals surface area (Å²) in [5.41, 5.74) is 2.69. The third-order valence-corrected chi connectivity index (χ3v) is 5.45. The number of rotatable bonds is 6. The van der Waals surface area contributed by atoms with Gasteiger partial charge in [-0.05, 0) is 23.3 Å². The zero-order valence-corrected chi connectivity index (χ0v) is 17.6. The molecule has 0 aliphatic carbocycles. The molecule has 0 atom stereocenters. The number of methoxy groups -OCH3 is 1. The molecule has 0 saturated carbocycles. The second-order valence-corrected chi connectivity index (χ2v) is 7.70. The number of pyridine rings is 1. The third kappa shape index (κ3) is 4.80. The lowest BCUT2D eigenvalue weighted by molar-refractivity contribution is 0.0940. The Labute approximate surface area is 180 Å². The van der Waals surface area contributed by atoms with Crippen LogP contribution in [0.15, 0.2) is 48.8 Å². The quantitative estimate of drug-likeness (QED) is 0.657. The summed E-state index contributed by atoms with van der Waals surface area (Å²) in [6.07, 6.45) is 4.31. The number of hydrogen-bond donors (Lipinski definition) is 1. The van der Waals surface area contributed by atoms with Crippen LogP contribution in [0.5, 0.6) is 5.88 Å². The van der Waals surface area contributed by atoms with Crippen molar-refractivity contribution in [1.29, 1.82) is 0 Å². The Morgan fingerprint density at radius 2 is 2.03 bits per heavy atom. The highest BCUT2D eigenvalue weighted by atomic mass is 35.5. The highest BCUT2D eigenvalue weighted by molar-refractivity contribution is 6.30. The van der Waals surface area contributed by atoms with E-state index in [4.69, 9.17) is 16.3 Å². The van der Waals surface area contributed by atoms with Gasteiger partial charge in [-0.15, -0.1) is 0 Å². The number of imidazole rings is 1. The monoisotopic (exact) mass is 425 g/mol. The zero-order chi connectivity index (χ0) is 20.9. The molecule has 3 heterocycles. The summed E-state index contributed by atoms with van der Waals surface area (Å²) in [5, 5.41) is 3.63. The Morgan fingerprint density at radius 3 is 2.80 bits per heavy atom. The standard InChI is InChI=1S/C22H24ClN5O2/c1-30-21-6-5-17(13-25-21)15-27-8-7-20-24-14-19(28(20)10-9-27)22(29)26-12-16-3-2-4-18(23)11-16/h2-6,11,13-14H,7-10,12,15H2,1H3,(H,26,29). The van der Waals surface area contributed by atoms with Crippen molar-refractivity contribution in [3.63, 3.8) is 0 Å². The van der Waals surface area contributed by atoms with E-state index in [1.807, 2.05) is 47.2 Å². The number of amides is 1. The number of benzene rings is 1. The molecule has 156 valence electrons. The van der Waals surface area contributed by atoms with Gasteiger partial charge < -0.3 is 14.6 Å². The molecule has 0 radical (unpaired) electrons. The lowest BCUT2D eigenvalue weighted by Gasteiger charge is -2.19. The molecule has 2 aromatic heterocycles. The Hall–Kier alpha value is -2.90. The van der Waals surface area contributed by atoms with E-state index >= 15 is 0 Å². The first-order valence-corrected chi connectivity index (χ1v) is 10.3. The van der Waals surface area contributed by atoms with Gasteiger partial charge in [0.05, 0.1) is 13.3 Å². The Bertz CT molecular complexity index is 1020. The SMILES string of the molecule is COc1ccc(CN2CCc3ncc(C(=O)NCc4cccc(Cl)c4)n3CC2)cn1. The molecule has 8 heteroatoms. The number of fused-ring (bicyclic) bond motifs is 1. The van der Waals surface area contributed by atoms with Gasteiger partial charge in [-0.2, -0.15) is 0 Å². The van der Waals surface area contributed by atoms with Crippen LogP contribution >= 0.6 is 11.6 Å². The highest BCUT2D eigenvalue weighted by Crippen LogP contribution is 2.16. The molecule has 0 unspecified atom stereocenters. The molecular formula is C22H24ClN5O2. The average molecular weight is 426 g/mol. The maximum absolute atomic E-state index is 12.7. The number of ether oxygens (including phenoxy) is 1. The molecule has 4 rings (SSSR count). The predicted octanol–water partition coefficient (Wildman–Crippen LogP) is 2.93. The third-order valence-electron chi connectivity index (χ3n) is 5.22. The molecule has 0 saturated heterocycles. The van der Waals surface area contributed by atoms with Gasteiger partial charge >= 0.3 is 0 Å². The van der Waals surface area contributed by atoms with Gasteiger partial charge in [0.2, 0.25) is 5.88 Å². The van der Waals surface area contributed by atoms with E-state index in [2.05, 4.69) is 20.2 Å². The lowest BCUT2D eigenvalue weighted by atomic mass is 10.2. The number of halogens is 1. The molecule has 7 nitrogen and oxygen atoms in total. The maximum atomic E-state index is 12.7. The Balaban J connectivity index is 1.37. The van der Waals surface area contributed by atoms with E-state index < -0.39 is 0 Å². The number of aromatic nitrogens is 3. The summed E-state index contributed by atoms with van der Waals surface area (Å²) >= 11 is 6.02. The van der Waals surface area contributed by atoms with E-state index in [1.165, 1.54) is 0 Å². The van der Waals surface area contributed by atoms with Crippen LogP contribution in [0.1, 0.15) is 27.4 Å². The van der Waals surface area contributed by atoms with Crippen LogP contribution in [0, 0.1) is 0 Å². The van der Waals surface area contributed by atoms with Crippen LogP contribution in [0.3, 0.4) is 0 Å². The summed E-state index contributed by atoms with van der Waals surface area (Å²) in [5.74, 6) is 1.43. The first kappa shape index (κ1) is 20.4. The van der Waals surface area contributed by atoms with Gasteiger partial charge in [0, 0.05) is 56.4 Å². The molecule has 1 amide bonds. The molecule has 1 N–H and O–H groups in total. The first-order valence-electron chi connectivity index (χ1n) is 9.90. The molecule has 1 aliphatic heterocycles. The second-order valence-electron chi connectivity index (χ2n) is 7.26. The van der Waals surface area contributed by atoms with Crippen molar-refractivity contribution in [2.24, 2.45) is 0 Å². The zero-order valence-electron chi connectivity index (χ0n) is 16.8. The van der Waals surface area contributed by atoms with E-state index in [1.54, 1.807) is 13.3 Å². The Kier molecular flexibility index (Phi) is 6.30. The largest absolute Gasteiger partial charge is 0.481 e. The number of nitrogens with zero attached hydrogens (tertiary/aromatic N) is 4. The van der Waals surface area contributed by atoms with Crippen molar-refractivity contribution in [2.45, 2.75) is 26.1 Å². The van der Waals surface area contributed by atoms with Crippen LogP contribution in [0.25, 0.3) is 0 Å². The first-order chi connectivity index (χ1) is 14.6. The molecule has 30 heavy (non-hydrogen) atoms. The molecule has 1 aromatic carbocycles. The summed E-state index contributed by atoms with van der Waals surface area (Å²) in [6.45, 7) is 3.67. The lowest BCUT2D eigenvalue weighted by Crippen LogP contribution is -2.28. The van der Waals surface area contributed by atoms with E-state index in [-0.39, 0.29) is 5.91 Å². The van der Waals surface area contributed by atoms with E-state index in [0.717, 1.165) is 49.6 Å². The van der Waals surface area contributed by atoms with Gasteiger partial charge in [0.25, 0.3) is 5.91 Å². The molecule has 0 bridgehead atoms. The number of nitrogens with one attached hydrogen (secondary N) is 1. The number of hydrogen-bond acceptors (Lipinski definition) is 5. The van der Waals surface area contributed by atoms with E-state index in [9.17, 15) is 4.79 Å². The van der Waals surface area contributed by atoms with Gasteiger partial charge in [-0.3, -0.25) is 9.69 Å². The van der Waals surface area contributed by atoms with Crippen molar-refractivity contribution < 1.29 is 9.53 Å². The summed E-state index contributed by atoms with van der Waals surface area (Å²) in [4.78, 5) is 23.9. The smallest absolute Gasteiger partial charge is 0.269 e. The van der Waals surface area contributed by atoms with Crippen LogP contribution in [-0.2, 0) is 26.1 Å². The summed E-state index contributed by atoms with van der Waals surface area (Å²) in [6, 6.07) is 11.4. The fraction of sp³-hybridized carbons (Fsp3) is 0.318. The minimum Gasteiger partial charge on any atom is -0.481 e. The minimum absolute atomic E-state index is 0.124. The van der Waals surface area contributed by atoms with Crippen molar-refractivity contribution in [3.8, 4) is 5.88 Å². The topological polar surface area (TPSA) is 72.3 Å². The molecule has 1 aliphatic rings. The van der Waals surface area contributed by atoms with Gasteiger partial charge in [0.15, 0.2) is 0 Å². The molecule has 0 spiro atoms. The molecule has 3 aromatic rings. The number of carbonyl (C=O) groups excluding carboxylic acids is 1. The van der Waals surface area contributed by atoms with Crippen LogP contribution < -0.4 is 10.1 Å². The van der Waals surface area contributed by atoms with Crippen LogP contribution in [0.2, 0.25) is 5.02 Å². The molecular weight excluding hydrogens is 402 g/mol. The fourth-order valence-electron chi connectivity index (χ4n) is 3.62. The average Bonchev–Trinajstić information content (AvgIpc) is 3.07. The highest BCUT2D eigenvalue weighted by Gasteiger charge is 2.21. The second kappa shape index (κ2) is 9.28. The van der Waals surface area contributed by atoms with Crippen LogP contribution in [0.4, 0.5) is 0 Å². The fourth-order valence-corrected chi connectivity index (χ4v) is 3.83. The van der Waals surface area contributed by atoms with Crippen molar-refractivity contribution >= 4 is 17.5 Å². The van der Waals surface area contributed by atoms with Gasteiger partial charge in [-0.25, -0.2) is 9.97 Å². The number of carbonyl (C=O) groups is 1. The van der Waals surface area contributed by atoms with Gasteiger partial charge in [0.1, 0.15) is 11.5 Å². The van der Waals surface area contributed by atoms with Crippen molar-refractivity contribution in [1.82, 2.24) is 24.8 Å². The van der Waals surface area contributed by atoms with Crippen molar-refractivity contribution in [3.05, 3.63) is 76.5 Å². The molecule has 0 fully saturated rings. The van der Waals surface area contributed by atoms with Crippen LogP contribution in [-0.4, -0.2) is 45.5 Å². The predicted molar refractivity (Wildman–Crippen MR) is 115 cm³/mol. The normalized spacial score (nSPS) is 14.1. The minimum atomic E-state index is -0.124. The van der Waals surface area contributed by atoms with Gasteiger partial charge in [-0.1, -0.05) is 29.8 Å². The summed E-state index contributed by atoms with van der Waals surface area (Å²) < 4.78 is 7.15.